The highest BCUT2D eigenvalue weighted by Gasteiger charge is 2.22. The highest BCUT2D eigenvalue weighted by atomic mass is 16.5. The van der Waals surface area contributed by atoms with Crippen molar-refractivity contribution in [1.29, 1.82) is 0 Å². The first-order valence-corrected chi connectivity index (χ1v) is 8.84. The van der Waals surface area contributed by atoms with Crippen LogP contribution in [0.3, 0.4) is 0 Å². The molecule has 1 heterocycles. The molecule has 0 saturated carbocycles. The third-order valence-electron chi connectivity index (χ3n) is 4.55. The van der Waals surface area contributed by atoms with E-state index in [1.165, 1.54) is 14.2 Å². The molecule has 1 aromatic heterocycles. The van der Waals surface area contributed by atoms with E-state index >= 15 is 0 Å². The molecule has 3 aromatic rings. The van der Waals surface area contributed by atoms with Crippen molar-refractivity contribution in [2.75, 3.05) is 35.0 Å². The summed E-state index contributed by atoms with van der Waals surface area (Å²) in [6, 6.07) is 9.56. The van der Waals surface area contributed by atoms with E-state index in [2.05, 4.69) is 10.3 Å². The van der Waals surface area contributed by atoms with Crippen molar-refractivity contribution in [3.8, 4) is 23.0 Å². The lowest BCUT2D eigenvalue weighted by Gasteiger charge is -2.14. The van der Waals surface area contributed by atoms with Gasteiger partial charge in [0.1, 0.15) is 5.75 Å². The van der Waals surface area contributed by atoms with Crippen molar-refractivity contribution in [1.82, 2.24) is 10.3 Å². The van der Waals surface area contributed by atoms with Gasteiger partial charge >= 0.3 is 0 Å². The molecule has 7 nitrogen and oxygen atoms in total. The number of aromatic amines is 1. The van der Waals surface area contributed by atoms with Crippen LogP contribution in [0.25, 0.3) is 10.9 Å². The van der Waals surface area contributed by atoms with Gasteiger partial charge in [-0.15, -0.1) is 0 Å². The lowest BCUT2D eigenvalue weighted by atomic mass is 10.1. The zero-order valence-electron chi connectivity index (χ0n) is 16.4. The van der Waals surface area contributed by atoms with Gasteiger partial charge in [-0.3, -0.25) is 4.79 Å². The fraction of sp³-hybridized carbons (Fsp3) is 0.286. The summed E-state index contributed by atoms with van der Waals surface area (Å²) in [6.07, 6.45) is 2.35. The minimum Gasteiger partial charge on any atom is -0.497 e. The Bertz CT molecular complexity index is 980. The monoisotopic (exact) mass is 384 g/mol. The van der Waals surface area contributed by atoms with Gasteiger partial charge in [-0.2, -0.15) is 0 Å². The number of fused-ring (bicyclic) bond motifs is 1. The quantitative estimate of drug-likeness (QED) is 0.623. The van der Waals surface area contributed by atoms with Crippen LogP contribution in [0.1, 0.15) is 15.9 Å². The highest BCUT2D eigenvalue weighted by molar-refractivity contribution is 6.10. The third-order valence-corrected chi connectivity index (χ3v) is 4.55. The van der Waals surface area contributed by atoms with Gasteiger partial charge in [0, 0.05) is 18.8 Å². The molecule has 2 aromatic carbocycles. The lowest BCUT2D eigenvalue weighted by Crippen LogP contribution is -2.25. The maximum absolute atomic E-state index is 12.8. The van der Waals surface area contributed by atoms with Gasteiger partial charge in [0.15, 0.2) is 11.5 Å². The molecule has 0 saturated heterocycles. The second-order valence-corrected chi connectivity index (χ2v) is 6.13. The number of methoxy groups -OCH3 is 4. The number of carbonyl (C=O) groups excluding carboxylic acids is 1. The maximum Gasteiger partial charge on any atom is 0.253 e. The van der Waals surface area contributed by atoms with Gasteiger partial charge in [-0.25, -0.2) is 0 Å². The molecule has 0 spiro atoms. The summed E-state index contributed by atoms with van der Waals surface area (Å²) < 4.78 is 21.5. The zero-order chi connectivity index (χ0) is 20.1. The summed E-state index contributed by atoms with van der Waals surface area (Å²) in [4.78, 5) is 15.9. The van der Waals surface area contributed by atoms with E-state index in [4.69, 9.17) is 18.9 Å². The molecule has 1 amide bonds. The van der Waals surface area contributed by atoms with Crippen molar-refractivity contribution in [3.05, 3.63) is 47.7 Å². The molecule has 28 heavy (non-hydrogen) atoms. The molecular formula is C21H24N2O5. The molecule has 148 valence electrons. The Kier molecular flexibility index (Phi) is 5.93. The van der Waals surface area contributed by atoms with Crippen LogP contribution in [0, 0.1) is 0 Å². The Hall–Kier alpha value is -3.35. The van der Waals surface area contributed by atoms with Gasteiger partial charge in [-0.1, -0.05) is 12.1 Å². The Balaban J connectivity index is 1.81. The normalized spacial score (nSPS) is 10.6. The Morgan fingerprint density at radius 1 is 1.00 bits per heavy atom. The average Bonchev–Trinajstić information content (AvgIpc) is 3.16. The van der Waals surface area contributed by atoms with Crippen molar-refractivity contribution >= 4 is 16.8 Å². The fourth-order valence-corrected chi connectivity index (χ4v) is 3.18. The van der Waals surface area contributed by atoms with E-state index in [-0.39, 0.29) is 5.91 Å². The molecule has 0 aliphatic carbocycles. The molecule has 0 fully saturated rings. The fourth-order valence-electron chi connectivity index (χ4n) is 3.18. The Morgan fingerprint density at radius 2 is 1.79 bits per heavy atom. The Morgan fingerprint density at radius 3 is 2.46 bits per heavy atom. The summed E-state index contributed by atoms with van der Waals surface area (Å²) in [6.45, 7) is 0.494. The van der Waals surface area contributed by atoms with Gasteiger partial charge in [0.25, 0.3) is 5.91 Å². The van der Waals surface area contributed by atoms with Gasteiger partial charge in [-0.05, 0) is 24.1 Å². The van der Waals surface area contributed by atoms with Gasteiger partial charge in [0.2, 0.25) is 5.75 Å². The van der Waals surface area contributed by atoms with Crippen LogP contribution in [0.5, 0.6) is 23.0 Å². The third kappa shape index (κ3) is 3.69. The second-order valence-electron chi connectivity index (χ2n) is 6.13. The van der Waals surface area contributed by atoms with Crippen LogP contribution in [-0.4, -0.2) is 45.9 Å². The number of amides is 1. The lowest BCUT2D eigenvalue weighted by molar-refractivity contribution is 0.0955. The average molecular weight is 384 g/mol. The van der Waals surface area contributed by atoms with Crippen molar-refractivity contribution < 1.29 is 23.7 Å². The van der Waals surface area contributed by atoms with Crippen LogP contribution in [0.15, 0.2) is 36.5 Å². The first-order valence-electron chi connectivity index (χ1n) is 8.84. The number of hydrogen-bond acceptors (Lipinski definition) is 5. The largest absolute Gasteiger partial charge is 0.497 e. The predicted molar refractivity (Wildman–Crippen MR) is 107 cm³/mol. The van der Waals surface area contributed by atoms with Crippen molar-refractivity contribution in [2.24, 2.45) is 0 Å². The molecule has 0 aliphatic rings. The molecule has 0 atom stereocenters. The number of aromatic nitrogens is 1. The number of carbonyl (C=O) groups is 1. The van der Waals surface area contributed by atoms with Crippen LogP contribution in [-0.2, 0) is 6.42 Å². The number of benzene rings is 2. The number of nitrogens with one attached hydrogen (secondary N) is 2. The standard InChI is InChI=1S/C21H24N2O5/c1-25-14-7-5-6-13(10-14)8-9-22-21(24)15-12-23-16-11-17(26-2)19(27-3)20(28-4)18(15)16/h5-7,10-12,23H,8-9H2,1-4H3,(H,22,24). The molecule has 7 heteroatoms. The minimum atomic E-state index is -0.195. The van der Waals surface area contributed by atoms with E-state index in [0.29, 0.717) is 41.2 Å². The summed E-state index contributed by atoms with van der Waals surface area (Å²) in [7, 11) is 6.26. The maximum atomic E-state index is 12.8. The number of rotatable bonds is 8. The molecule has 0 bridgehead atoms. The van der Waals surface area contributed by atoms with E-state index in [9.17, 15) is 4.79 Å². The van der Waals surface area contributed by atoms with Crippen LogP contribution in [0.4, 0.5) is 0 Å². The van der Waals surface area contributed by atoms with Gasteiger partial charge < -0.3 is 29.2 Å². The highest BCUT2D eigenvalue weighted by Crippen LogP contribution is 2.44. The van der Waals surface area contributed by atoms with E-state index in [0.717, 1.165) is 16.8 Å². The number of hydrogen-bond donors (Lipinski definition) is 2. The SMILES string of the molecule is COc1cccc(CCNC(=O)c2c[nH]c3cc(OC)c(OC)c(OC)c23)c1. The van der Waals surface area contributed by atoms with Crippen LogP contribution >= 0.6 is 0 Å². The number of ether oxygens (including phenoxy) is 4. The summed E-state index contributed by atoms with van der Waals surface area (Å²) in [5.41, 5.74) is 2.30. The molecule has 0 aliphatic heterocycles. The number of H-pyrrole nitrogens is 1. The summed E-state index contributed by atoms with van der Waals surface area (Å²) in [5, 5.41) is 3.61. The summed E-state index contributed by atoms with van der Waals surface area (Å²) >= 11 is 0. The second kappa shape index (κ2) is 8.56. The molecule has 2 N–H and O–H groups in total. The van der Waals surface area contributed by atoms with Crippen LogP contribution in [0.2, 0.25) is 0 Å². The van der Waals surface area contributed by atoms with E-state index in [1.807, 2.05) is 24.3 Å². The molecule has 0 radical (unpaired) electrons. The summed E-state index contributed by atoms with van der Waals surface area (Å²) in [5.74, 6) is 2.03. The van der Waals surface area contributed by atoms with Crippen molar-refractivity contribution in [3.63, 3.8) is 0 Å². The first kappa shape index (κ1) is 19.4. The molecule has 3 rings (SSSR count). The van der Waals surface area contributed by atoms with E-state index < -0.39 is 0 Å². The first-order chi connectivity index (χ1) is 13.6. The van der Waals surface area contributed by atoms with Gasteiger partial charge in [0.05, 0.1) is 44.9 Å². The topological polar surface area (TPSA) is 81.8 Å². The van der Waals surface area contributed by atoms with E-state index in [1.54, 1.807) is 26.5 Å². The molecule has 0 unspecified atom stereocenters. The Labute approximate surface area is 163 Å². The predicted octanol–water partition coefficient (Wildman–Crippen LogP) is 3.17. The smallest absolute Gasteiger partial charge is 0.253 e. The minimum absolute atomic E-state index is 0.195. The van der Waals surface area contributed by atoms with Crippen molar-refractivity contribution in [2.45, 2.75) is 6.42 Å². The zero-order valence-corrected chi connectivity index (χ0v) is 16.4. The molecular weight excluding hydrogens is 360 g/mol. The van der Waals surface area contributed by atoms with Crippen LogP contribution < -0.4 is 24.3 Å².